The molecule has 0 radical (unpaired) electrons. The zero-order chi connectivity index (χ0) is 11.5. The van der Waals surface area contributed by atoms with Crippen LogP contribution in [0.5, 0.6) is 0 Å². The molecule has 16 heavy (non-hydrogen) atoms. The summed E-state index contributed by atoms with van der Waals surface area (Å²) >= 11 is 0. The fourth-order valence-corrected chi connectivity index (χ4v) is 2.00. The van der Waals surface area contributed by atoms with Crippen molar-refractivity contribution >= 4 is 11.7 Å². The second kappa shape index (κ2) is 4.47. The van der Waals surface area contributed by atoms with Gasteiger partial charge in [0.25, 0.3) is 0 Å². The SMILES string of the molecule is O=C(O)C1CCCN(c2ccnc(F)c2)C1. The molecule has 5 heteroatoms. The monoisotopic (exact) mass is 224 g/mol. The second-order valence-electron chi connectivity index (χ2n) is 3.96. The molecular weight excluding hydrogens is 211 g/mol. The first kappa shape index (κ1) is 10.9. The highest BCUT2D eigenvalue weighted by Crippen LogP contribution is 2.23. The standard InChI is InChI=1S/C11H13FN2O2/c12-10-6-9(3-4-13-10)14-5-1-2-8(7-14)11(15)16/h3-4,6,8H,1-2,5,7H2,(H,15,16). The molecule has 1 aromatic heterocycles. The Kier molecular flexibility index (Phi) is 3.03. The van der Waals surface area contributed by atoms with E-state index in [9.17, 15) is 9.18 Å². The van der Waals surface area contributed by atoms with Gasteiger partial charge >= 0.3 is 5.97 Å². The predicted octanol–water partition coefficient (Wildman–Crippen LogP) is 1.52. The molecule has 1 saturated heterocycles. The van der Waals surface area contributed by atoms with Gasteiger partial charge in [0.15, 0.2) is 0 Å². The lowest BCUT2D eigenvalue weighted by molar-refractivity contribution is -0.141. The van der Waals surface area contributed by atoms with E-state index in [0.29, 0.717) is 18.7 Å². The number of piperidine rings is 1. The molecule has 1 unspecified atom stereocenters. The number of anilines is 1. The van der Waals surface area contributed by atoms with E-state index in [-0.39, 0.29) is 5.92 Å². The van der Waals surface area contributed by atoms with Crippen LogP contribution in [0.4, 0.5) is 10.1 Å². The maximum Gasteiger partial charge on any atom is 0.308 e. The van der Waals surface area contributed by atoms with Crippen LogP contribution in [0.2, 0.25) is 0 Å². The van der Waals surface area contributed by atoms with Crippen molar-refractivity contribution in [1.82, 2.24) is 4.98 Å². The Hall–Kier alpha value is -1.65. The second-order valence-corrected chi connectivity index (χ2v) is 3.96. The molecule has 86 valence electrons. The Morgan fingerprint density at radius 2 is 2.44 bits per heavy atom. The first-order valence-electron chi connectivity index (χ1n) is 5.26. The van der Waals surface area contributed by atoms with Gasteiger partial charge in [-0.15, -0.1) is 0 Å². The lowest BCUT2D eigenvalue weighted by Gasteiger charge is -2.32. The summed E-state index contributed by atoms with van der Waals surface area (Å²) in [5.41, 5.74) is 0.707. The molecule has 1 fully saturated rings. The lowest BCUT2D eigenvalue weighted by atomic mass is 9.98. The number of aromatic nitrogens is 1. The number of hydrogen-bond acceptors (Lipinski definition) is 3. The molecule has 0 aliphatic carbocycles. The smallest absolute Gasteiger partial charge is 0.308 e. The normalized spacial score (nSPS) is 20.8. The van der Waals surface area contributed by atoms with Gasteiger partial charge in [-0.25, -0.2) is 4.98 Å². The van der Waals surface area contributed by atoms with Gasteiger partial charge in [-0.3, -0.25) is 4.79 Å². The van der Waals surface area contributed by atoms with Crippen LogP contribution in [0, 0.1) is 11.9 Å². The highest BCUT2D eigenvalue weighted by atomic mass is 19.1. The number of carboxylic acids is 1. The number of rotatable bonds is 2. The molecule has 0 amide bonds. The highest BCUT2D eigenvalue weighted by Gasteiger charge is 2.25. The minimum absolute atomic E-state index is 0.357. The van der Waals surface area contributed by atoms with Crippen molar-refractivity contribution in [3.8, 4) is 0 Å². The molecule has 2 heterocycles. The summed E-state index contributed by atoms with van der Waals surface area (Å²) in [6.45, 7) is 1.21. The summed E-state index contributed by atoms with van der Waals surface area (Å²) in [6.07, 6.45) is 2.91. The van der Waals surface area contributed by atoms with Crippen molar-refractivity contribution in [1.29, 1.82) is 0 Å². The van der Waals surface area contributed by atoms with Crippen LogP contribution in [0.15, 0.2) is 18.3 Å². The maximum absolute atomic E-state index is 12.9. The highest BCUT2D eigenvalue weighted by molar-refractivity contribution is 5.71. The average Bonchev–Trinajstić information content (AvgIpc) is 2.29. The number of carboxylic acid groups (broad SMARTS) is 1. The Morgan fingerprint density at radius 1 is 1.62 bits per heavy atom. The van der Waals surface area contributed by atoms with E-state index < -0.39 is 11.9 Å². The zero-order valence-electron chi connectivity index (χ0n) is 8.77. The summed E-state index contributed by atoms with van der Waals surface area (Å²) < 4.78 is 12.9. The van der Waals surface area contributed by atoms with Gasteiger partial charge in [0.1, 0.15) is 0 Å². The predicted molar refractivity (Wildman–Crippen MR) is 56.8 cm³/mol. The number of halogens is 1. The third-order valence-electron chi connectivity index (χ3n) is 2.85. The number of nitrogens with zero attached hydrogens (tertiary/aromatic N) is 2. The topological polar surface area (TPSA) is 53.4 Å². The van der Waals surface area contributed by atoms with Crippen molar-refractivity contribution in [2.75, 3.05) is 18.0 Å². The van der Waals surface area contributed by atoms with Gasteiger partial charge in [0, 0.05) is 31.0 Å². The molecule has 1 N–H and O–H groups in total. The number of carbonyl (C=O) groups is 1. The molecule has 0 aromatic carbocycles. The van der Waals surface area contributed by atoms with Crippen molar-refractivity contribution in [3.63, 3.8) is 0 Å². The molecule has 4 nitrogen and oxygen atoms in total. The van der Waals surface area contributed by atoms with Crippen molar-refractivity contribution in [2.45, 2.75) is 12.8 Å². The van der Waals surface area contributed by atoms with E-state index in [1.165, 1.54) is 12.3 Å². The third kappa shape index (κ3) is 2.29. The maximum atomic E-state index is 12.9. The Labute approximate surface area is 92.7 Å². The molecule has 2 rings (SSSR count). The first-order valence-corrected chi connectivity index (χ1v) is 5.26. The molecule has 0 saturated carbocycles. The third-order valence-corrected chi connectivity index (χ3v) is 2.85. The van der Waals surface area contributed by atoms with E-state index in [1.54, 1.807) is 6.07 Å². The van der Waals surface area contributed by atoms with E-state index >= 15 is 0 Å². The summed E-state index contributed by atoms with van der Waals surface area (Å²) in [5, 5.41) is 8.94. The molecule has 1 aliphatic rings. The van der Waals surface area contributed by atoms with Gasteiger partial charge in [-0.05, 0) is 18.9 Å². The first-order chi connectivity index (χ1) is 7.66. The van der Waals surface area contributed by atoms with Gasteiger partial charge in [-0.1, -0.05) is 0 Å². The van der Waals surface area contributed by atoms with Crippen molar-refractivity contribution in [3.05, 3.63) is 24.3 Å². The van der Waals surface area contributed by atoms with Gasteiger partial charge in [-0.2, -0.15) is 4.39 Å². The molecule has 0 spiro atoms. The number of pyridine rings is 1. The lowest BCUT2D eigenvalue weighted by Crippen LogP contribution is -2.38. The Morgan fingerprint density at radius 3 is 3.12 bits per heavy atom. The number of aliphatic carboxylic acids is 1. The van der Waals surface area contributed by atoms with E-state index in [0.717, 1.165) is 13.0 Å². The largest absolute Gasteiger partial charge is 0.481 e. The van der Waals surface area contributed by atoms with Crippen LogP contribution in [-0.2, 0) is 4.79 Å². The van der Waals surface area contributed by atoms with Crippen molar-refractivity contribution < 1.29 is 14.3 Å². The van der Waals surface area contributed by atoms with E-state index in [4.69, 9.17) is 5.11 Å². The van der Waals surface area contributed by atoms with Gasteiger partial charge in [0.2, 0.25) is 5.95 Å². The molecular formula is C11H13FN2O2. The van der Waals surface area contributed by atoms with Crippen LogP contribution >= 0.6 is 0 Å². The van der Waals surface area contributed by atoms with E-state index in [1.807, 2.05) is 4.90 Å². The van der Waals surface area contributed by atoms with Gasteiger partial charge < -0.3 is 10.0 Å². The van der Waals surface area contributed by atoms with Crippen LogP contribution in [0.1, 0.15) is 12.8 Å². The summed E-state index contributed by atoms with van der Waals surface area (Å²) in [4.78, 5) is 16.3. The van der Waals surface area contributed by atoms with Crippen LogP contribution < -0.4 is 4.90 Å². The fourth-order valence-electron chi connectivity index (χ4n) is 2.00. The molecule has 1 aromatic rings. The van der Waals surface area contributed by atoms with Crippen LogP contribution in [0.3, 0.4) is 0 Å². The minimum atomic E-state index is -0.778. The molecule has 1 atom stereocenters. The zero-order valence-corrected chi connectivity index (χ0v) is 8.77. The molecule has 0 bridgehead atoms. The summed E-state index contributed by atoms with van der Waals surface area (Å²) in [5.74, 6) is -1.67. The number of hydrogen-bond donors (Lipinski definition) is 1. The van der Waals surface area contributed by atoms with Crippen LogP contribution in [0.25, 0.3) is 0 Å². The van der Waals surface area contributed by atoms with Crippen LogP contribution in [-0.4, -0.2) is 29.1 Å². The van der Waals surface area contributed by atoms with Crippen molar-refractivity contribution in [2.24, 2.45) is 5.92 Å². The Bertz CT molecular complexity index is 397. The van der Waals surface area contributed by atoms with E-state index in [2.05, 4.69) is 4.98 Å². The fraction of sp³-hybridized carbons (Fsp3) is 0.455. The average molecular weight is 224 g/mol. The minimum Gasteiger partial charge on any atom is -0.481 e. The summed E-state index contributed by atoms with van der Waals surface area (Å²) in [7, 11) is 0. The summed E-state index contributed by atoms with van der Waals surface area (Å²) in [6, 6.07) is 3.04. The quantitative estimate of drug-likeness (QED) is 0.774. The van der Waals surface area contributed by atoms with Gasteiger partial charge in [0.05, 0.1) is 5.92 Å². The molecule has 1 aliphatic heterocycles. The Balaban J connectivity index is 2.12.